The van der Waals surface area contributed by atoms with Gasteiger partial charge in [-0.3, -0.25) is 4.99 Å². The second kappa shape index (κ2) is 5.79. The van der Waals surface area contributed by atoms with Gasteiger partial charge in [0.2, 0.25) is 5.96 Å². The average Bonchev–Trinajstić information content (AvgIpc) is 2.71. The van der Waals surface area contributed by atoms with Crippen molar-refractivity contribution in [1.82, 2.24) is 4.98 Å². The fourth-order valence-electron chi connectivity index (χ4n) is 1.88. The van der Waals surface area contributed by atoms with Crippen molar-refractivity contribution in [2.24, 2.45) is 27.2 Å². The molecule has 6 nitrogen and oxygen atoms in total. The maximum atomic E-state index is 13.6. The molecule has 106 valence electrons. The predicted octanol–water partition coefficient (Wildman–Crippen LogP) is 1.09. The molecule has 0 radical (unpaired) electrons. The van der Waals surface area contributed by atoms with Gasteiger partial charge in [0, 0.05) is 23.2 Å². The third kappa shape index (κ3) is 3.18. The van der Waals surface area contributed by atoms with Crippen LogP contribution in [0.25, 0.3) is 10.9 Å². The van der Waals surface area contributed by atoms with Crippen molar-refractivity contribution >= 4 is 34.4 Å². The molecule has 0 aliphatic heterocycles. The molecule has 0 saturated heterocycles. The smallest absolute Gasteiger partial charge is 0.218 e. The van der Waals surface area contributed by atoms with E-state index in [9.17, 15) is 4.39 Å². The Labute approximate surface area is 119 Å². The van der Waals surface area contributed by atoms with E-state index in [4.69, 9.17) is 28.8 Å². The van der Waals surface area contributed by atoms with Crippen LogP contribution in [0.4, 0.5) is 4.39 Å². The van der Waals surface area contributed by atoms with Gasteiger partial charge in [-0.15, -0.1) is 0 Å². The zero-order valence-corrected chi connectivity index (χ0v) is 11.3. The molecule has 2 aromatic rings. The fraction of sp³-hybridized carbons (Fsp3) is 0.167. The number of rotatable bonds is 3. The molecule has 2 rings (SSSR count). The van der Waals surface area contributed by atoms with Gasteiger partial charge in [-0.05, 0) is 24.1 Å². The van der Waals surface area contributed by atoms with Crippen LogP contribution in [0.15, 0.2) is 28.3 Å². The van der Waals surface area contributed by atoms with E-state index < -0.39 is 0 Å². The van der Waals surface area contributed by atoms with E-state index in [0.29, 0.717) is 23.5 Å². The van der Waals surface area contributed by atoms with Crippen molar-refractivity contribution in [3.8, 4) is 0 Å². The monoisotopic (exact) mass is 296 g/mol. The highest BCUT2D eigenvalue weighted by molar-refractivity contribution is 6.31. The molecule has 0 fully saturated rings. The van der Waals surface area contributed by atoms with Crippen molar-refractivity contribution in [2.75, 3.05) is 6.54 Å². The Morgan fingerprint density at radius 3 is 2.75 bits per heavy atom. The Balaban J connectivity index is 2.17. The molecular weight excluding hydrogens is 283 g/mol. The molecule has 7 N–H and O–H groups in total. The molecule has 1 heterocycles. The molecule has 0 saturated carbocycles. The topological polar surface area (TPSA) is 119 Å². The van der Waals surface area contributed by atoms with Gasteiger partial charge in [0.05, 0.1) is 5.52 Å². The third-order valence-electron chi connectivity index (χ3n) is 2.69. The Hall–Kier alpha value is -2.28. The van der Waals surface area contributed by atoms with Gasteiger partial charge in [-0.2, -0.15) is 4.99 Å². The molecule has 0 aliphatic carbocycles. The Morgan fingerprint density at radius 1 is 1.30 bits per heavy atom. The molecule has 1 aromatic heterocycles. The van der Waals surface area contributed by atoms with Gasteiger partial charge in [0.1, 0.15) is 5.82 Å². The van der Waals surface area contributed by atoms with Gasteiger partial charge in [-0.1, -0.05) is 11.6 Å². The van der Waals surface area contributed by atoms with Gasteiger partial charge in [-0.25, -0.2) is 4.39 Å². The van der Waals surface area contributed by atoms with Gasteiger partial charge in [0.15, 0.2) is 5.96 Å². The SMILES string of the molecule is NC(N)=NC(N)=NCCc1c[nH]c2c(F)cc(Cl)cc12. The van der Waals surface area contributed by atoms with E-state index in [1.165, 1.54) is 6.07 Å². The second-order valence-electron chi connectivity index (χ2n) is 4.15. The highest BCUT2D eigenvalue weighted by Crippen LogP contribution is 2.25. The third-order valence-corrected chi connectivity index (χ3v) is 2.91. The first-order chi connectivity index (χ1) is 9.47. The second-order valence-corrected chi connectivity index (χ2v) is 4.59. The standard InChI is InChI=1S/C12H14ClFN6/c13-7-3-8-6(5-19-10(8)9(14)4-7)1-2-18-12(17)20-11(15)16/h3-5,19H,1-2H2,(H6,15,16,17,18,20). The molecule has 20 heavy (non-hydrogen) atoms. The van der Waals surface area contributed by atoms with Crippen LogP contribution < -0.4 is 17.2 Å². The first kappa shape index (κ1) is 14.1. The van der Waals surface area contributed by atoms with Crippen LogP contribution in [0.1, 0.15) is 5.56 Å². The first-order valence-corrected chi connectivity index (χ1v) is 6.19. The summed E-state index contributed by atoms with van der Waals surface area (Å²) in [7, 11) is 0. The number of aromatic amines is 1. The van der Waals surface area contributed by atoms with E-state index in [1.807, 2.05) is 0 Å². The lowest BCUT2D eigenvalue weighted by Gasteiger charge is -1.99. The minimum Gasteiger partial charge on any atom is -0.370 e. The molecule has 1 aromatic carbocycles. The van der Waals surface area contributed by atoms with Crippen LogP contribution in [-0.2, 0) is 6.42 Å². The minimum absolute atomic E-state index is 0.00838. The summed E-state index contributed by atoms with van der Waals surface area (Å²) in [6, 6.07) is 2.97. The molecule has 8 heteroatoms. The number of nitrogens with two attached hydrogens (primary N) is 3. The zero-order valence-electron chi connectivity index (χ0n) is 10.5. The van der Waals surface area contributed by atoms with Crippen LogP contribution >= 0.6 is 11.6 Å². The normalized spacial score (nSPS) is 11.8. The van der Waals surface area contributed by atoms with Crippen LogP contribution in [-0.4, -0.2) is 23.4 Å². The maximum absolute atomic E-state index is 13.6. The quantitative estimate of drug-likeness (QED) is 0.501. The summed E-state index contributed by atoms with van der Waals surface area (Å²) in [5.74, 6) is -0.525. The van der Waals surface area contributed by atoms with Gasteiger partial charge < -0.3 is 22.2 Å². The van der Waals surface area contributed by atoms with E-state index in [2.05, 4.69) is 15.0 Å². The average molecular weight is 297 g/mol. The van der Waals surface area contributed by atoms with Crippen molar-refractivity contribution in [2.45, 2.75) is 6.42 Å². The van der Waals surface area contributed by atoms with Gasteiger partial charge in [0.25, 0.3) is 0 Å². The summed E-state index contributed by atoms with van der Waals surface area (Å²) >= 11 is 5.85. The van der Waals surface area contributed by atoms with Crippen LogP contribution in [0.2, 0.25) is 5.02 Å². The van der Waals surface area contributed by atoms with Crippen LogP contribution in [0.3, 0.4) is 0 Å². The Bertz CT molecular complexity index is 687. The van der Waals surface area contributed by atoms with E-state index in [-0.39, 0.29) is 17.7 Å². The number of halogens is 2. The van der Waals surface area contributed by atoms with Crippen molar-refractivity contribution < 1.29 is 4.39 Å². The lowest BCUT2D eigenvalue weighted by atomic mass is 10.1. The Kier molecular flexibility index (Phi) is 4.09. The summed E-state index contributed by atoms with van der Waals surface area (Å²) in [5.41, 5.74) is 17.1. The van der Waals surface area contributed by atoms with E-state index in [1.54, 1.807) is 12.3 Å². The number of hydrogen-bond donors (Lipinski definition) is 4. The molecule has 0 spiro atoms. The lowest BCUT2D eigenvalue weighted by molar-refractivity contribution is 0.637. The fourth-order valence-corrected chi connectivity index (χ4v) is 2.08. The molecule has 0 aliphatic rings. The number of fused-ring (bicyclic) bond motifs is 1. The number of benzene rings is 1. The zero-order chi connectivity index (χ0) is 14.7. The molecule has 0 unspecified atom stereocenters. The maximum Gasteiger partial charge on any atom is 0.218 e. The van der Waals surface area contributed by atoms with E-state index >= 15 is 0 Å². The van der Waals surface area contributed by atoms with Crippen LogP contribution in [0.5, 0.6) is 0 Å². The van der Waals surface area contributed by atoms with Crippen molar-refractivity contribution in [3.05, 3.63) is 34.7 Å². The Morgan fingerprint density at radius 2 is 2.05 bits per heavy atom. The van der Waals surface area contributed by atoms with Crippen LogP contribution in [0, 0.1) is 5.82 Å². The number of nitrogens with zero attached hydrogens (tertiary/aromatic N) is 2. The first-order valence-electron chi connectivity index (χ1n) is 5.82. The summed E-state index contributed by atoms with van der Waals surface area (Å²) in [5, 5.41) is 1.07. The summed E-state index contributed by atoms with van der Waals surface area (Å²) in [6.07, 6.45) is 2.27. The summed E-state index contributed by atoms with van der Waals surface area (Å²) < 4.78 is 13.6. The highest BCUT2D eigenvalue weighted by Gasteiger charge is 2.09. The minimum atomic E-state index is -0.387. The van der Waals surface area contributed by atoms with Crippen molar-refractivity contribution in [3.63, 3.8) is 0 Å². The lowest BCUT2D eigenvalue weighted by Crippen LogP contribution is -2.26. The number of aromatic nitrogens is 1. The summed E-state index contributed by atoms with van der Waals surface area (Å²) in [6.45, 7) is 0.379. The summed E-state index contributed by atoms with van der Waals surface area (Å²) in [4.78, 5) is 10.5. The number of aliphatic imine (C=N–C) groups is 2. The highest BCUT2D eigenvalue weighted by atomic mass is 35.5. The molecule has 0 atom stereocenters. The number of hydrogen-bond acceptors (Lipinski definition) is 1. The van der Waals surface area contributed by atoms with Crippen molar-refractivity contribution in [1.29, 1.82) is 0 Å². The molecule has 0 amide bonds. The largest absolute Gasteiger partial charge is 0.370 e. The number of H-pyrrole nitrogens is 1. The van der Waals surface area contributed by atoms with E-state index in [0.717, 1.165) is 10.9 Å². The molecule has 0 bridgehead atoms. The molecular formula is C12H14ClFN6. The van der Waals surface area contributed by atoms with Gasteiger partial charge >= 0.3 is 0 Å². The predicted molar refractivity (Wildman–Crippen MR) is 79.3 cm³/mol. The number of guanidine groups is 2. The number of nitrogens with one attached hydrogen (secondary N) is 1.